The third-order valence-corrected chi connectivity index (χ3v) is 5.85. The Balaban J connectivity index is 0.00000300. The van der Waals surface area contributed by atoms with Crippen LogP contribution in [-0.4, -0.2) is 42.9 Å². The van der Waals surface area contributed by atoms with E-state index in [1.54, 1.807) is 0 Å². The van der Waals surface area contributed by atoms with Gasteiger partial charge in [-0.2, -0.15) is 0 Å². The average molecular weight is 418 g/mol. The lowest BCUT2D eigenvalue weighted by molar-refractivity contribution is -0.0430. The number of hydrogen-bond donors (Lipinski definition) is 1. The fourth-order valence-corrected chi connectivity index (χ4v) is 4.15. The second-order valence-corrected chi connectivity index (χ2v) is 8.46. The molecule has 0 aliphatic carbocycles. The third-order valence-electron chi connectivity index (χ3n) is 5.85. The summed E-state index contributed by atoms with van der Waals surface area (Å²) >= 11 is 0. The van der Waals surface area contributed by atoms with Gasteiger partial charge in [-0.25, -0.2) is 0 Å². The SMILES string of the molecule is CC(C)CCOCC(CN1CCCC1)C(O)(c1ccccc1)c1ccccc1.Cl. The molecule has 1 atom stereocenters. The molecule has 1 heterocycles. The number of benzene rings is 2. The highest BCUT2D eigenvalue weighted by Crippen LogP contribution is 2.38. The van der Waals surface area contributed by atoms with Crippen molar-refractivity contribution in [2.75, 3.05) is 32.8 Å². The number of nitrogens with zero attached hydrogens (tertiary/aromatic N) is 1. The average Bonchev–Trinajstić information content (AvgIpc) is 3.24. The van der Waals surface area contributed by atoms with Gasteiger partial charge in [0, 0.05) is 19.1 Å². The molecule has 2 aromatic carbocycles. The Kier molecular flexibility index (Phi) is 9.64. The number of hydrogen-bond acceptors (Lipinski definition) is 3. The van der Waals surface area contributed by atoms with Crippen molar-refractivity contribution in [1.82, 2.24) is 4.90 Å². The second-order valence-electron chi connectivity index (χ2n) is 8.46. The van der Waals surface area contributed by atoms with Crippen LogP contribution in [0.3, 0.4) is 0 Å². The van der Waals surface area contributed by atoms with Gasteiger partial charge in [-0.05, 0) is 49.4 Å². The Morgan fingerprint density at radius 2 is 1.45 bits per heavy atom. The molecule has 0 radical (unpaired) electrons. The number of aliphatic hydroxyl groups is 1. The Morgan fingerprint density at radius 1 is 0.931 bits per heavy atom. The Labute approximate surface area is 182 Å². The van der Waals surface area contributed by atoms with Gasteiger partial charge in [0.05, 0.1) is 6.61 Å². The van der Waals surface area contributed by atoms with Crippen molar-refractivity contribution >= 4 is 12.4 Å². The molecule has 0 spiro atoms. The zero-order valence-corrected chi connectivity index (χ0v) is 18.6. The molecule has 160 valence electrons. The van der Waals surface area contributed by atoms with Crippen molar-refractivity contribution in [3.8, 4) is 0 Å². The molecule has 0 bridgehead atoms. The number of ether oxygens (including phenoxy) is 1. The molecule has 0 amide bonds. The Hall–Kier alpha value is -1.39. The van der Waals surface area contributed by atoms with E-state index in [-0.39, 0.29) is 18.3 Å². The van der Waals surface area contributed by atoms with E-state index in [1.165, 1.54) is 12.8 Å². The Morgan fingerprint density at radius 3 is 1.93 bits per heavy atom. The maximum absolute atomic E-state index is 12.2. The normalized spacial score (nSPS) is 16.0. The van der Waals surface area contributed by atoms with E-state index in [0.717, 1.165) is 43.8 Å². The van der Waals surface area contributed by atoms with Crippen molar-refractivity contribution in [1.29, 1.82) is 0 Å². The number of likely N-dealkylation sites (tertiary alicyclic amines) is 1. The standard InChI is InChI=1S/C25H35NO2.ClH/c1-21(2)15-18-28-20-24(19-26-16-9-10-17-26)25(27,22-11-5-3-6-12-22)23-13-7-4-8-14-23;/h3-8,11-14,21,24,27H,9-10,15-20H2,1-2H3;1H. The molecule has 4 heteroatoms. The molecule has 1 saturated heterocycles. The summed E-state index contributed by atoms with van der Waals surface area (Å²) in [6.07, 6.45) is 3.54. The van der Waals surface area contributed by atoms with E-state index in [4.69, 9.17) is 4.74 Å². The molecule has 1 unspecified atom stereocenters. The topological polar surface area (TPSA) is 32.7 Å². The summed E-state index contributed by atoms with van der Waals surface area (Å²) in [4.78, 5) is 2.48. The van der Waals surface area contributed by atoms with Gasteiger partial charge in [-0.1, -0.05) is 74.5 Å². The van der Waals surface area contributed by atoms with Crippen molar-refractivity contribution < 1.29 is 9.84 Å². The summed E-state index contributed by atoms with van der Waals surface area (Å²) in [5, 5.41) is 12.2. The van der Waals surface area contributed by atoms with Gasteiger partial charge in [0.15, 0.2) is 0 Å². The molecule has 0 aromatic heterocycles. The van der Waals surface area contributed by atoms with Crippen LogP contribution in [0.2, 0.25) is 0 Å². The van der Waals surface area contributed by atoms with Crippen molar-refractivity contribution in [2.45, 2.75) is 38.7 Å². The van der Waals surface area contributed by atoms with Crippen LogP contribution in [0.15, 0.2) is 60.7 Å². The summed E-state index contributed by atoms with van der Waals surface area (Å²) < 4.78 is 6.12. The molecule has 1 aliphatic heterocycles. The zero-order chi connectivity index (χ0) is 19.8. The van der Waals surface area contributed by atoms with Gasteiger partial charge in [0.2, 0.25) is 0 Å². The largest absolute Gasteiger partial charge is 0.381 e. The highest BCUT2D eigenvalue weighted by molar-refractivity contribution is 5.85. The third kappa shape index (κ3) is 6.29. The maximum atomic E-state index is 12.2. The summed E-state index contributed by atoms with van der Waals surface area (Å²) in [6, 6.07) is 20.2. The first-order valence-electron chi connectivity index (χ1n) is 10.7. The highest BCUT2D eigenvalue weighted by Gasteiger charge is 2.41. The van der Waals surface area contributed by atoms with Crippen LogP contribution in [0.5, 0.6) is 0 Å². The molecular weight excluding hydrogens is 382 g/mol. The summed E-state index contributed by atoms with van der Waals surface area (Å²) in [5.41, 5.74) is 0.818. The van der Waals surface area contributed by atoms with E-state index in [1.807, 2.05) is 60.7 Å². The first-order valence-corrected chi connectivity index (χ1v) is 10.7. The quantitative estimate of drug-likeness (QED) is 0.544. The fraction of sp³-hybridized carbons (Fsp3) is 0.520. The predicted octanol–water partition coefficient (Wildman–Crippen LogP) is 5.12. The first kappa shape index (κ1) is 23.9. The van der Waals surface area contributed by atoms with Gasteiger partial charge < -0.3 is 14.7 Å². The van der Waals surface area contributed by atoms with E-state index >= 15 is 0 Å². The van der Waals surface area contributed by atoms with Crippen LogP contribution in [0, 0.1) is 11.8 Å². The van der Waals surface area contributed by atoms with Gasteiger partial charge in [0.25, 0.3) is 0 Å². The van der Waals surface area contributed by atoms with Crippen molar-refractivity contribution in [3.63, 3.8) is 0 Å². The first-order chi connectivity index (χ1) is 13.6. The minimum atomic E-state index is -1.07. The van der Waals surface area contributed by atoms with Gasteiger partial charge >= 0.3 is 0 Å². The van der Waals surface area contributed by atoms with E-state index in [0.29, 0.717) is 12.5 Å². The molecule has 0 saturated carbocycles. The smallest absolute Gasteiger partial charge is 0.121 e. The summed E-state index contributed by atoms with van der Waals surface area (Å²) in [5.74, 6) is 0.599. The predicted molar refractivity (Wildman–Crippen MR) is 123 cm³/mol. The van der Waals surface area contributed by atoms with Crippen molar-refractivity contribution in [3.05, 3.63) is 71.8 Å². The number of halogens is 1. The fourth-order valence-electron chi connectivity index (χ4n) is 4.15. The summed E-state index contributed by atoms with van der Waals surface area (Å²) in [6.45, 7) is 8.81. The molecule has 29 heavy (non-hydrogen) atoms. The lowest BCUT2D eigenvalue weighted by Gasteiger charge is -2.39. The molecule has 1 aliphatic rings. The van der Waals surface area contributed by atoms with Crippen LogP contribution in [0.1, 0.15) is 44.2 Å². The van der Waals surface area contributed by atoms with Crippen LogP contribution < -0.4 is 0 Å². The van der Waals surface area contributed by atoms with E-state index < -0.39 is 5.60 Å². The van der Waals surface area contributed by atoms with E-state index in [2.05, 4.69) is 18.7 Å². The van der Waals surface area contributed by atoms with Gasteiger partial charge in [0.1, 0.15) is 5.60 Å². The maximum Gasteiger partial charge on any atom is 0.121 e. The molecule has 1 N–H and O–H groups in total. The van der Waals surface area contributed by atoms with Crippen LogP contribution in [0.4, 0.5) is 0 Å². The minimum Gasteiger partial charge on any atom is -0.381 e. The van der Waals surface area contributed by atoms with Crippen LogP contribution >= 0.6 is 12.4 Å². The summed E-state index contributed by atoms with van der Waals surface area (Å²) in [7, 11) is 0. The van der Waals surface area contributed by atoms with Crippen molar-refractivity contribution in [2.24, 2.45) is 11.8 Å². The molecule has 2 aromatic rings. The molecule has 1 fully saturated rings. The lowest BCUT2D eigenvalue weighted by Crippen LogP contribution is -2.45. The molecule has 3 nitrogen and oxygen atoms in total. The monoisotopic (exact) mass is 417 g/mol. The van der Waals surface area contributed by atoms with Crippen LogP contribution in [0.25, 0.3) is 0 Å². The lowest BCUT2D eigenvalue weighted by atomic mass is 9.76. The Bertz CT molecular complexity index is 647. The molecular formula is C25H36ClNO2. The number of rotatable bonds is 10. The van der Waals surface area contributed by atoms with Gasteiger partial charge in [-0.3, -0.25) is 0 Å². The minimum absolute atomic E-state index is 0. The van der Waals surface area contributed by atoms with E-state index in [9.17, 15) is 5.11 Å². The van der Waals surface area contributed by atoms with Gasteiger partial charge in [-0.15, -0.1) is 12.4 Å². The zero-order valence-electron chi connectivity index (χ0n) is 17.8. The van der Waals surface area contributed by atoms with Crippen LogP contribution in [-0.2, 0) is 10.3 Å². The molecule has 3 rings (SSSR count). The highest BCUT2D eigenvalue weighted by atomic mass is 35.5. The second kappa shape index (κ2) is 11.7.